The molecule has 0 aliphatic rings. The second kappa shape index (κ2) is 5.02. The van der Waals surface area contributed by atoms with E-state index < -0.39 is 0 Å². The fraction of sp³-hybridized carbons (Fsp3) is 0.500. The Labute approximate surface area is 43.0 Å². The van der Waals surface area contributed by atoms with Crippen LogP contribution in [0.1, 0.15) is 6.42 Å². The third-order valence-corrected chi connectivity index (χ3v) is 0.669. The molecule has 35 valence electrons. The molecule has 0 N–H and O–H groups in total. The van der Waals surface area contributed by atoms with E-state index in [0.717, 1.165) is 6.42 Å². The topological polar surface area (TPSA) is 12.4 Å². The van der Waals surface area contributed by atoms with E-state index in [1.54, 1.807) is 6.21 Å². The normalized spacial score (nSPS) is 10.3. The van der Waals surface area contributed by atoms with Crippen LogP contribution in [-0.4, -0.2) is 12.5 Å². The van der Waals surface area contributed by atoms with Crippen molar-refractivity contribution in [2.45, 2.75) is 6.42 Å². The van der Waals surface area contributed by atoms with Crippen molar-refractivity contribution in [2.75, 3.05) is 6.26 Å². The minimum absolute atomic E-state index is 0.792. The Hall–Kier alpha value is 0.0200. The summed E-state index contributed by atoms with van der Waals surface area (Å²) >= 11 is 1.46. The first-order valence-electron chi connectivity index (χ1n) is 1.76. The van der Waals surface area contributed by atoms with Crippen LogP contribution in [0.15, 0.2) is 4.40 Å². The molecule has 1 radical (unpaired) electrons. The van der Waals surface area contributed by atoms with Crippen molar-refractivity contribution in [1.82, 2.24) is 0 Å². The van der Waals surface area contributed by atoms with Gasteiger partial charge in [-0.1, -0.05) is 0 Å². The number of hydrogen-bond donors (Lipinski definition) is 0. The van der Waals surface area contributed by atoms with Crippen molar-refractivity contribution in [3.05, 3.63) is 6.92 Å². The SMILES string of the molecule is [CH2]CC=NSC. The van der Waals surface area contributed by atoms with E-state index in [1.807, 2.05) is 6.26 Å². The molecule has 0 aromatic rings. The Morgan fingerprint density at radius 1 is 2.00 bits per heavy atom. The van der Waals surface area contributed by atoms with Crippen LogP contribution in [0.25, 0.3) is 0 Å². The molecule has 0 bridgehead atoms. The highest BCUT2D eigenvalue weighted by Gasteiger charge is 1.60. The Kier molecular flexibility index (Phi) is 5.04. The van der Waals surface area contributed by atoms with E-state index in [1.165, 1.54) is 11.9 Å². The molecule has 2 heteroatoms. The third-order valence-electron chi connectivity index (χ3n) is 0.309. The minimum atomic E-state index is 0.792. The van der Waals surface area contributed by atoms with Crippen molar-refractivity contribution in [3.63, 3.8) is 0 Å². The first kappa shape index (κ1) is 6.02. The zero-order chi connectivity index (χ0) is 4.83. The summed E-state index contributed by atoms with van der Waals surface area (Å²) in [5.74, 6) is 0. The predicted octanol–water partition coefficient (Wildman–Crippen LogP) is 1.56. The van der Waals surface area contributed by atoms with Gasteiger partial charge in [-0.25, -0.2) is 4.40 Å². The average molecular weight is 102 g/mol. The van der Waals surface area contributed by atoms with Crippen LogP contribution >= 0.6 is 11.9 Å². The van der Waals surface area contributed by atoms with E-state index in [0.29, 0.717) is 0 Å². The molecule has 0 unspecified atom stereocenters. The van der Waals surface area contributed by atoms with E-state index in [4.69, 9.17) is 0 Å². The van der Waals surface area contributed by atoms with Gasteiger partial charge in [-0.15, -0.1) is 0 Å². The van der Waals surface area contributed by atoms with Crippen molar-refractivity contribution in [1.29, 1.82) is 0 Å². The van der Waals surface area contributed by atoms with Crippen molar-refractivity contribution in [2.24, 2.45) is 4.40 Å². The van der Waals surface area contributed by atoms with Crippen LogP contribution in [0.2, 0.25) is 0 Å². The lowest BCUT2D eigenvalue weighted by molar-refractivity contribution is 1.55. The minimum Gasteiger partial charge on any atom is -0.229 e. The molecule has 0 aliphatic heterocycles. The molecule has 0 fully saturated rings. The highest BCUT2D eigenvalue weighted by Crippen LogP contribution is 1.89. The van der Waals surface area contributed by atoms with Crippen LogP contribution in [0.4, 0.5) is 0 Å². The van der Waals surface area contributed by atoms with Gasteiger partial charge in [0, 0.05) is 12.5 Å². The molecular formula is C4H8NS. The second-order valence-electron chi connectivity index (χ2n) is 0.759. The van der Waals surface area contributed by atoms with Crippen molar-refractivity contribution in [3.8, 4) is 0 Å². The lowest BCUT2D eigenvalue weighted by atomic mass is 10.6. The van der Waals surface area contributed by atoms with Gasteiger partial charge in [0.05, 0.1) is 0 Å². The van der Waals surface area contributed by atoms with E-state index in [9.17, 15) is 0 Å². The number of nitrogens with zero attached hydrogens (tertiary/aromatic N) is 1. The molecule has 0 aromatic heterocycles. The monoisotopic (exact) mass is 102 g/mol. The van der Waals surface area contributed by atoms with E-state index in [2.05, 4.69) is 11.3 Å². The van der Waals surface area contributed by atoms with Crippen LogP contribution < -0.4 is 0 Å². The Morgan fingerprint density at radius 3 is 2.83 bits per heavy atom. The lowest BCUT2D eigenvalue weighted by Crippen LogP contribution is -1.60. The van der Waals surface area contributed by atoms with Gasteiger partial charge >= 0.3 is 0 Å². The lowest BCUT2D eigenvalue weighted by Gasteiger charge is -1.72. The van der Waals surface area contributed by atoms with Gasteiger partial charge in [-0.3, -0.25) is 0 Å². The van der Waals surface area contributed by atoms with Crippen LogP contribution in [0, 0.1) is 6.92 Å². The maximum Gasteiger partial charge on any atom is 0.0126 e. The molecule has 1 nitrogen and oxygen atoms in total. The largest absolute Gasteiger partial charge is 0.229 e. The maximum absolute atomic E-state index is 3.82. The third kappa shape index (κ3) is 4.02. The zero-order valence-electron chi connectivity index (χ0n) is 3.85. The maximum atomic E-state index is 3.82. The molecule has 0 rings (SSSR count). The van der Waals surface area contributed by atoms with Crippen LogP contribution in [0.5, 0.6) is 0 Å². The fourth-order valence-electron chi connectivity index (χ4n) is 0.127. The molecule has 0 heterocycles. The summed E-state index contributed by atoms with van der Waals surface area (Å²) in [6.07, 6.45) is 4.50. The van der Waals surface area contributed by atoms with Crippen molar-refractivity contribution >= 4 is 18.2 Å². The van der Waals surface area contributed by atoms with Crippen molar-refractivity contribution < 1.29 is 0 Å². The summed E-state index contributed by atoms with van der Waals surface area (Å²) in [5.41, 5.74) is 0. The Bertz CT molecular complexity index is 36.8. The predicted molar refractivity (Wildman–Crippen MR) is 32.0 cm³/mol. The molecule has 0 aromatic carbocycles. The Balaban J connectivity index is 2.73. The van der Waals surface area contributed by atoms with Gasteiger partial charge in [-0.05, 0) is 25.3 Å². The standard InChI is InChI=1S/C4H8NS/c1-3-4-5-6-2/h4H,1,3H2,2H3. The van der Waals surface area contributed by atoms with Gasteiger partial charge in [0.1, 0.15) is 0 Å². The number of rotatable bonds is 2. The van der Waals surface area contributed by atoms with Gasteiger partial charge < -0.3 is 0 Å². The molecule has 0 amide bonds. The molecule has 0 saturated carbocycles. The zero-order valence-corrected chi connectivity index (χ0v) is 4.66. The highest BCUT2D eigenvalue weighted by molar-refractivity contribution is 7.97. The summed E-state index contributed by atoms with van der Waals surface area (Å²) in [4.78, 5) is 0. The van der Waals surface area contributed by atoms with E-state index in [-0.39, 0.29) is 0 Å². The summed E-state index contributed by atoms with van der Waals surface area (Å²) in [6.45, 7) is 3.56. The molecule has 6 heavy (non-hydrogen) atoms. The smallest absolute Gasteiger partial charge is 0.0126 e. The van der Waals surface area contributed by atoms with Gasteiger partial charge in [-0.2, -0.15) is 0 Å². The van der Waals surface area contributed by atoms with Crippen LogP contribution in [0.3, 0.4) is 0 Å². The quantitative estimate of drug-likeness (QED) is 0.380. The highest BCUT2D eigenvalue weighted by atomic mass is 32.2. The molecule has 0 atom stereocenters. The van der Waals surface area contributed by atoms with Crippen LogP contribution in [-0.2, 0) is 0 Å². The molecule has 0 saturated heterocycles. The molecular weight excluding hydrogens is 94.1 g/mol. The number of hydrogen-bond acceptors (Lipinski definition) is 2. The first-order chi connectivity index (χ1) is 2.91. The molecule has 0 aliphatic carbocycles. The summed E-state index contributed by atoms with van der Waals surface area (Å²) < 4.78 is 3.82. The molecule has 0 spiro atoms. The van der Waals surface area contributed by atoms with Gasteiger partial charge in [0.25, 0.3) is 0 Å². The summed E-state index contributed by atoms with van der Waals surface area (Å²) in [7, 11) is 0. The summed E-state index contributed by atoms with van der Waals surface area (Å²) in [5, 5.41) is 0. The van der Waals surface area contributed by atoms with Gasteiger partial charge in [0.2, 0.25) is 0 Å². The first-order valence-corrected chi connectivity index (χ1v) is 2.94. The van der Waals surface area contributed by atoms with E-state index >= 15 is 0 Å². The summed E-state index contributed by atoms with van der Waals surface area (Å²) in [6, 6.07) is 0. The fourth-order valence-corrected chi connectivity index (χ4v) is 0.382. The average Bonchev–Trinajstić information content (AvgIpc) is 1.61. The van der Waals surface area contributed by atoms with Gasteiger partial charge in [0.15, 0.2) is 0 Å². The second-order valence-corrected chi connectivity index (χ2v) is 1.34. The Morgan fingerprint density at radius 2 is 2.67 bits per heavy atom.